The van der Waals surface area contributed by atoms with E-state index >= 15 is 0 Å². The number of nitrogens with zero attached hydrogens (tertiary/aromatic N) is 2. The molecule has 5 heteroatoms. The zero-order valence-corrected chi connectivity index (χ0v) is 12.4. The molecular weight excluding hydrogens is 257 g/mol. The minimum Gasteiger partial charge on any atom is -0.409 e. The molecule has 4 nitrogen and oxygen atoms in total. The minimum absolute atomic E-state index is 0.0655. The average Bonchev–Trinajstić information content (AvgIpc) is 2.47. The maximum absolute atomic E-state index is 13.4. The highest BCUT2D eigenvalue weighted by atomic mass is 19.1. The summed E-state index contributed by atoms with van der Waals surface area (Å²) in [6.45, 7) is 7.22. The van der Waals surface area contributed by atoms with E-state index in [1.54, 1.807) is 6.07 Å². The molecule has 0 heterocycles. The molecule has 1 rings (SSSR count). The lowest BCUT2D eigenvalue weighted by atomic mass is 10.1. The molecule has 0 aliphatic heterocycles. The van der Waals surface area contributed by atoms with Crippen molar-refractivity contribution in [1.29, 1.82) is 0 Å². The molecule has 0 saturated heterocycles. The van der Waals surface area contributed by atoms with Crippen molar-refractivity contribution >= 4 is 11.5 Å². The SMILES string of the molecule is CCCCN(c1ccc(F)cc1C(N)=NO)C(C)CC. The van der Waals surface area contributed by atoms with Gasteiger partial charge in [-0.3, -0.25) is 0 Å². The smallest absolute Gasteiger partial charge is 0.172 e. The van der Waals surface area contributed by atoms with Gasteiger partial charge in [-0.25, -0.2) is 4.39 Å². The third kappa shape index (κ3) is 3.85. The third-order valence-electron chi connectivity index (χ3n) is 3.53. The van der Waals surface area contributed by atoms with Crippen molar-refractivity contribution in [3.05, 3.63) is 29.6 Å². The average molecular weight is 281 g/mol. The maximum atomic E-state index is 13.4. The standard InChI is InChI=1S/C15H24FN3O/c1-4-6-9-19(11(3)5-2)14-8-7-12(16)10-13(14)15(17)18-20/h7-8,10-11,20H,4-6,9H2,1-3H3,(H2,17,18). The number of benzene rings is 1. The molecule has 0 aliphatic carbocycles. The Hall–Kier alpha value is -1.78. The van der Waals surface area contributed by atoms with Crippen LogP contribution in [0.4, 0.5) is 10.1 Å². The highest BCUT2D eigenvalue weighted by molar-refractivity contribution is 6.02. The molecule has 3 N–H and O–H groups in total. The number of hydrogen-bond acceptors (Lipinski definition) is 3. The highest BCUT2D eigenvalue weighted by Crippen LogP contribution is 2.25. The van der Waals surface area contributed by atoms with Crippen molar-refractivity contribution in [2.45, 2.75) is 46.1 Å². The number of nitrogens with two attached hydrogens (primary N) is 1. The van der Waals surface area contributed by atoms with Gasteiger partial charge in [0, 0.05) is 23.8 Å². The van der Waals surface area contributed by atoms with Crippen LogP contribution < -0.4 is 10.6 Å². The van der Waals surface area contributed by atoms with Gasteiger partial charge in [0.2, 0.25) is 0 Å². The van der Waals surface area contributed by atoms with Crippen LogP contribution >= 0.6 is 0 Å². The lowest BCUT2D eigenvalue weighted by Gasteiger charge is -2.32. The molecule has 1 atom stereocenters. The van der Waals surface area contributed by atoms with Crippen LogP contribution in [0.1, 0.15) is 45.6 Å². The Labute approximate surface area is 120 Å². The quantitative estimate of drug-likeness (QED) is 0.349. The molecule has 0 saturated carbocycles. The first-order valence-corrected chi connectivity index (χ1v) is 7.09. The predicted octanol–water partition coefficient (Wildman–Crippen LogP) is 3.33. The summed E-state index contributed by atoms with van der Waals surface area (Å²) in [6.07, 6.45) is 3.08. The van der Waals surface area contributed by atoms with E-state index in [1.807, 2.05) is 0 Å². The highest BCUT2D eigenvalue weighted by Gasteiger charge is 2.18. The fraction of sp³-hybridized carbons (Fsp3) is 0.533. The fourth-order valence-electron chi connectivity index (χ4n) is 2.14. The lowest BCUT2D eigenvalue weighted by Crippen LogP contribution is -2.35. The topological polar surface area (TPSA) is 61.8 Å². The van der Waals surface area contributed by atoms with Crippen molar-refractivity contribution < 1.29 is 9.60 Å². The van der Waals surface area contributed by atoms with Gasteiger partial charge in [-0.15, -0.1) is 0 Å². The molecule has 1 aromatic rings. The van der Waals surface area contributed by atoms with Crippen LogP contribution in [0.15, 0.2) is 23.4 Å². The van der Waals surface area contributed by atoms with Gasteiger partial charge in [0.25, 0.3) is 0 Å². The van der Waals surface area contributed by atoms with Crippen molar-refractivity contribution in [1.82, 2.24) is 0 Å². The Morgan fingerprint density at radius 1 is 1.45 bits per heavy atom. The fourth-order valence-corrected chi connectivity index (χ4v) is 2.14. The Balaban J connectivity index is 3.24. The van der Waals surface area contributed by atoms with Crippen molar-refractivity contribution in [2.24, 2.45) is 10.9 Å². The number of oxime groups is 1. The van der Waals surface area contributed by atoms with E-state index < -0.39 is 5.82 Å². The Morgan fingerprint density at radius 2 is 2.15 bits per heavy atom. The van der Waals surface area contributed by atoms with Crippen LogP contribution in [0, 0.1) is 5.82 Å². The van der Waals surface area contributed by atoms with Crippen LogP contribution in [0.3, 0.4) is 0 Å². The van der Waals surface area contributed by atoms with Crippen molar-refractivity contribution in [2.75, 3.05) is 11.4 Å². The summed E-state index contributed by atoms with van der Waals surface area (Å²) >= 11 is 0. The molecule has 0 aromatic heterocycles. The van der Waals surface area contributed by atoms with Gasteiger partial charge in [0.15, 0.2) is 5.84 Å². The zero-order valence-electron chi connectivity index (χ0n) is 12.4. The van der Waals surface area contributed by atoms with Gasteiger partial charge < -0.3 is 15.8 Å². The minimum atomic E-state index is -0.394. The predicted molar refractivity (Wildman–Crippen MR) is 80.9 cm³/mol. The molecule has 0 spiro atoms. The zero-order chi connectivity index (χ0) is 15.1. The largest absolute Gasteiger partial charge is 0.409 e. The first-order chi connectivity index (χ1) is 9.54. The van der Waals surface area contributed by atoms with Crippen LogP contribution in [0.25, 0.3) is 0 Å². The maximum Gasteiger partial charge on any atom is 0.172 e. The van der Waals surface area contributed by atoms with Gasteiger partial charge in [0.05, 0.1) is 0 Å². The first kappa shape index (κ1) is 16.3. The molecule has 0 radical (unpaired) electrons. The van der Waals surface area contributed by atoms with E-state index in [9.17, 15) is 4.39 Å². The third-order valence-corrected chi connectivity index (χ3v) is 3.53. The van der Waals surface area contributed by atoms with Gasteiger partial charge >= 0.3 is 0 Å². The molecule has 0 fully saturated rings. The van der Waals surface area contributed by atoms with Crippen LogP contribution in [-0.4, -0.2) is 23.6 Å². The van der Waals surface area contributed by atoms with E-state index in [4.69, 9.17) is 10.9 Å². The van der Waals surface area contributed by atoms with E-state index in [1.165, 1.54) is 12.1 Å². The molecule has 0 aliphatic rings. The van der Waals surface area contributed by atoms with Gasteiger partial charge in [-0.05, 0) is 38.0 Å². The van der Waals surface area contributed by atoms with Crippen LogP contribution in [-0.2, 0) is 0 Å². The van der Waals surface area contributed by atoms with Crippen molar-refractivity contribution in [3.8, 4) is 0 Å². The lowest BCUT2D eigenvalue weighted by molar-refractivity contribution is 0.318. The molecule has 112 valence electrons. The molecular formula is C15H24FN3O. The summed E-state index contributed by atoms with van der Waals surface area (Å²) < 4.78 is 13.4. The number of anilines is 1. The second-order valence-electron chi connectivity index (χ2n) is 4.95. The number of halogens is 1. The first-order valence-electron chi connectivity index (χ1n) is 7.09. The number of amidine groups is 1. The van der Waals surface area contributed by atoms with E-state index in [2.05, 4.69) is 30.8 Å². The van der Waals surface area contributed by atoms with E-state index in [0.717, 1.165) is 31.5 Å². The summed E-state index contributed by atoms with van der Waals surface area (Å²) in [5, 5.41) is 11.9. The second-order valence-corrected chi connectivity index (χ2v) is 4.95. The van der Waals surface area contributed by atoms with E-state index in [0.29, 0.717) is 11.6 Å². The second kappa shape index (κ2) is 7.72. The summed E-state index contributed by atoms with van der Waals surface area (Å²) in [4.78, 5) is 2.19. The summed E-state index contributed by atoms with van der Waals surface area (Å²) in [5.74, 6) is -0.459. The van der Waals surface area contributed by atoms with Crippen molar-refractivity contribution in [3.63, 3.8) is 0 Å². The Bertz CT molecular complexity index is 462. The van der Waals surface area contributed by atoms with Crippen LogP contribution in [0.2, 0.25) is 0 Å². The summed E-state index contributed by atoms with van der Waals surface area (Å²) in [7, 11) is 0. The van der Waals surface area contributed by atoms with Gasteiger partial charge in [0.1, 0.15) is 5.82 Å². The van der Waals surface area contributed by atoms with Gasteiger partial charge in [-0.2, -0.15) is 0 Å². The number of unbranched alkanes of at least 4 members (excludes halogenated alkanes) is 1. The van der Waals surface area contributed by atoms with E-state index in [-0.39, 0.29) is 5.84 Å². The molecule has 1 unspecified atom stereocenters. The molecule has 1 aromatic carbocycles. The molecule has 0 bridgehead atoms. The molecule has 0 amide bonds. The summed E-state index contributed by atoms with van der Waals surface area (Å²) in [6, 6.07) is 4.72. The number of hydrogen-bond donors (Lipinski definition) is 2. The Morgan fingerprint density at radius 3 is 2.70 bits per heavy atom. The normalized spacial score (nSPS) is 13.3. The monoisotopic (exact) mass is 281 g/mol. The number of rotatable bonds is 7. The Kier molecular flexibility index (Phi) is 6.28. The summed E-state index contributed by atoms with van der Waals surface area (Å²) in [5.41, 5.74) is 6.92. The molecule has 20 heavy (non-hydrogen) atoms. The van der Waals surface area contributed by atoms with Gasteiger partial charge in [-0.1, -0.05) is 25.4 Å². The van der Waals surface area contributed by atoms with Crippen LogP contribution in [0.5, 0.6) is 0 Å².